The number of unbranched alkanes of at least 4 members (excludes halogenated alkanes) is 1. The fourth-order valence-electron chi connectivity index (χ4n) is 2.47. The molecule has 3 aromatic heterocycles. The summed E-state index contributed by atoms with van der Waals surface area (Å²) in [5.41, 5.74) is 2.50. The number of ether oxygens (including phenoxy) is 1. The Bertz CT molecular complexity index is 958. The first kappa shape index (κ1) is 16.5. The van der Waals surface area contributed by atoms with Crippen molar-refractivity contribution in [3.8, 4) is 39.3 Å². The topological polar surface area (TPSA) is 76.8 Å². The van der Waals surface area contributed by atoms with E-state index in [9.17, 15) is 0 Å². The zero-order valence-corrected chi connectivity index (χ0v) is 15.1. The second-order valence-corrected chi connectivity index (χ2v) is 6.74. The summed E-state index contributed by atoms with van der Waals surface area (Å²) in [6, 6.07) is 13.7. The van der Waals surface area contributed by atoms with Crippen molar-refractivity contribution < 1.29 is 9.26 Å². The van der Waals surface area contributed by atoms with E-state index in [1.165, 1.54) is 0 Å². The summed E-state index contributed by atoms with van der Waals surface area (Å²) in [7, 11) is 0. The van der Waals surface area contributed by atoms with Crippen molar-refractivity contribution in [3.63, 3.8) is 0 Å². The lowest BCUT2D eigenvalue weighted by atomic mass is 10.1. The Morgan fingerprint density at radius 3 is 2.85 bits per heavy atom. The number of hydrogen-bond donors (Lipinski definition) is 1. The number of aromatic amines is 1. The smallest absolute Gasteiger partial charge is 0.276 e. The van der Waals surface area contributed by atoms with Gasteiger partial charge in [-0.1, -0.05) is 24.6 Å². The third-order valence-electron chi connectivity index (χ3n) is 3.89. The number of thiophene rings is 1. The Kier molecular flexibility index (Phi) is 4.79. The van der Waals surface area contributed by atoms with E-state index < -0.39 is 0 Å². The summed E-state index contributed by atoms with van der Waals surface area (Å²) in [6.45, 7) is 2.89. The van der Waals surface area contributed by atoms with E-state index in [4.69, 9.17) is 9.26 Å². The number of rotatable bonds is 7. The van der Waals surface area contributed by atoms with Crippen molar-refractivity contribution in [1.29, 1.82) is 0 Å². The molecule has 0 saturated heterocycles. The summed E-state index contributed by atoms with van der Waals surface area (Å²) in [5.74, 6) is 1.88. The number of H-pyrrole nitrogens is 1. The highest BCUT2D eigenvalue weighted by molar-refractivity contribution is 7.13. The molecule has 7 heteroatoms. The van der Waals surface area contributed by atoms with Crippen LogP contribution in [0.15, 0.2) is 52.4 Å². The van der Waals surface area contributed by atoms with Gasteiger partial charge in [-0.25, -0.2) is 0 Å². The van der Waals surface area contributed by atoms with Crippen LogP contribution in [0.3, 0.4) is 0 Å². The molecule has 0 aliphatic carbocycles. The normalized spacial score (nSPS) is 11.0. The molecule has 26 heavy (non-hydrogen) atoms. The van der Waals surface area contributed by atoms with Crippen LogP contribution in [-0.4, -0.2) is 26.9 Å². The molecule has 0 fully saturated rings. The van der Waals surface area contributed by atoms with Crippen molar-refractivity contribution in [3.05, 3.63) is 47.8 Å². The van der Waals surface area contributed by atoms with Gasteiger partial charge in [0.25, 0.3) is 5.89 Å². The Morgan fingerprint density at radius 1 is 1.19 bits per heavy atom. The average molecular weight is 366 g/mol. The number of nitrogens with one attached hydrogen (secondary N) is 1. The first-order chi connectivity index (χ1) is 12.8. The Balaban J connectivity index is 1.49. The third-order valence-corrected chi connectivity index (χ3v) is 4.76. The lowest BCUT2D eigenvalue weighted by molar-refractivity contribution is 0.309. The van der Waals surface area contributed by atoms with Crippen LogP contribution in [0, 0.1) is 0 Å². The molecule has 0 unspecified atom stereocenters. The molecule has 1 aromatic carbocycles. The molecule has 0 bridgehead atoms. The maximum atomic E-state index is 5.69. The first-order valence-electron chi connectivity index (χ1n) is 8.50. The molecule has 0 radical (unpaired) electrons. The van der Waals surface area contributed by atoms with Crippen molar-refractivity contribution in [2.24, 2.45) is 0 Å². The van der Waals surface area contributed by atoms with Crippen LogP contribution in [0.1, 0.15) is 19.8 Å². The van der Waals surface area contributed by atoms with Crippen LogP contribution in [0.2, 0.25) is 0 Å². The molecule has 0 aliphatic rings. The number of benzene rings is 1. The van der Waals surface area contributed by atoms with E-state index in [0.717, 1.165) is 41.3 Å². The number of nitrogens with zero attached hydrogens (tertiary/aromatic N) is 3. The standard InChI is InChI=1S/C19H18N4O2S/c1-2-3-10-24-14-8-6-13(7-9-14)15-12-16(22-21-15)19-20-18(23-25-19)17-5-4-11-26-17/h4-9,11-12H,2-3,10H2,1H3,(H,21,22). The van der Waals surface area contributed by atoms with Crippen LogP contribution in [0.5, 0.6) is 5.75 Å². The highest BCUT2D eigenvalue weighted by Gasteiger charge is 2.14. The van der Waals surface area contributed by atoms with Gasteiger partial charge in [0.15, 0.2) is 0 Å². The summed E-state index contributed by atoms with van der Waals surface area (Å²) in [4.78, 5) is 5.40. The fraction of sp³-hybridized carbons (Fsp3) is 0.211. The van der Waals surface area contributed by atoms with Crippen molar-refractivity contribution in [2.75, 3.05) is 6.61 Å². The molecule has 0 spiro atoms. The minimum Gasteiger partial charge on any atom is -0.494 e. The molecule has 0 amide bonds. The number of aromatic nitrogens is 4. The molecule has 132 valence electrons. The SMILES string of the molecule is CCCCOc1ccc(-c2cc(-c3nc(-c4cccs4)no3)[nH]n2)cc1. The van der Waals surface area contributed by atoms with Gasteiger partial charge >= 0.3 is 0 Å². The van der Waals surface area contributed by atoms with Gasteiger partial charge in [0.1, 0.15) is 11.4 Å². The quantitative estimate of drug-likeness (QED) is 0.464. The summed E-state index contributed by atoms with van der Waals surface area (Å²) >= 11 is 1.57. The lowest BCUT2D eigenvalue weighted by Gasteiger charge is -2.05. The molecule has 0 atom stereocenters. The Hall–Kier alpha value is -2.93. The maximum Gasteiger partial charge on any atom is 0.276 e. The van der Waals surface area contributed by atoms with Gasteiger partial charge in [-0.15, -0.1) is 11.3 Å². The maximum absolute atomic E-state index is 5.69. The zero-order valence-electron chi connectivity index (χ0n) is 14.3. The second kappa shape index (κ2) is 7.53. The van der Waals surface area contributed by atoms with Crippen LogP contribution >= 0.6 is 11.3 Å². The van der Waals surface area contributed by atoms with Crippen LogP contribution < -0.4 is 4.74 Å². The second-order valence-electron chi connectivity index (χ2n) is 5.79. The minimum atomic E-state index is 0.423. The van der Waals surface area contributed by atoms with E-state index in [1.54, 1.807) is 11.3 Å². The van der Waals surface area contributed by atoms with E-state index in [2.05, 4.69) is 27.3 Å². The van der Waals surface area contributed by atoms with Gasteiger partial charge in [-0.3, -0.25) is 5.10 Å². The molecule has 1 N–H and O–H groups in total. The zero-order chi connectivity index (χ0) is 17.8. The predicted octanol–water partition coefficient (Wildman–Crippen LogP) is 5.03. The Labute approximate surface area is 154 Å². The molecule has 4 rings (SSSR count). The van der Waals surface area contributed by atoms with Crippen molar-refractivity contribution >= 4 is 11.3 Å². The molecule has 3 heterocycles. The predicted molar refractivity (Wildman–Crippen MR) is 101 cm³/mol. The van der Waals surface area contributed by atoms with Gasteiger partial charge in [-0.05, 0) is 48.2 Å². The molecular formula is C19H18N4O2S. The van der Waals surface area contributed by atoms with E-state index in [1.807, 2.05) is 47.8 Å². The first-order valence-corrected chi connectivity index (χ1v) is 9.38. The Morgan fingerprint density at radius 2 is 2.08 bits per heavy atom. The number of hydrogen-bond acceptors (Lipinski definition) is 6. The highest BCUT2D eigenvalue weighted by atomic mass is 32.1. The average Bonchev–Trinajstić information content (AvgIpc) is 3.42. The van der Waals surface area contributed by atoms with E-state index >= 15 is 0 Å². The van der Waals surface area contributed by atoms with Crippen LogP contribution in [0.4, 0.5) is 0 Å². The van der Waals surface area contributed by atoms with Gasteiger partial charge in [0.2, 0.25) is 5.82 Å². The highest BCUT2D eigenvalue weighted by Crippen LogP contribution is 2.27. The van der Waals surface area contributed by atoms with Gasteiger partial charge in [0.05, 0.1) is 17.2 Å². The molecule has 0 aliphatic heterocycles. The van der Waals surface area contributed by atoms with Gasteiger partial charge in [0, 0.05) is 5.56 Å². The van der Waals surface area contributed by atoms with Gasteiger partial charge in [-0.2, -0.15) is 10.1 Å². The minimum absolute atomic E-state index is 0.423. The lowest BCUT2D eigenvalue weighted by Crippen LogP contribution is -1.95. The summed E-state index contributed by atoms with van der Waals surface area (Å²) < 4.78 is 11.0. The van der Waals surface area contributed by atoms with Crippen molar-refractivity contribution in [2.45, 2.75) is 19.8 Å². The fourth-order valence-corrected chi connectivity index (χ4v) is 3.12. The largest absolute Gasteiger partial charge is 0.494 e. The van der Waals surface area contributed by atoms with E-state index in [-0.39, 0.29) is 0 Å². The van der Waals surface area contributed by atoms with E-state index in [0.29, 0.717) is 17.4 Å². The molecule has 4 aromatic rings. The van der Waals surface area contributed by atoms with Crippen LogP contribution in [-0.2, 0) is 0 Å². The monoisotopic (exact) mass is 366 g/mol. The summed E-state index contributed by atoms with van der Waals surface area (Å²) in [5, 5.41) is 13.3. The van der Waals surface area contributed by atoms with Crippen LogP contribution in [0.25, 0.3) is 33.5 Å². The third kappa shape index (κ3) is 3.52. The van der Waals surface area contributed by atoms with Gasteiger partial charge < -0.3 is 9.26 Å². The molecule has 0 saturated carbocycles. The van der Waals surface area contributed by atoms with Crippen molar-refractivity contribution in [1.82, 2.24) is 20.3 Å². The molecular weight excluding hydrogens is 348 g/mol. The summed E-state index contributed by atoms with van der Waals surface area (Å²) in [6.07, 6.45) is 2.18. The molecule has 6 nitrogen and oxygen atoms in total.